The van der Waals surface area contributed by atoms with Gasteiger partial charge in [0.25, 0.3) is 5.89 Å². The van der Waals surface area contributed by atoms with Gasteiger partial charge in [-0.25, -0.2) is 4.98 Å². The van der Waals surface area contributed by atoms with E-state index < -0.39 is 0 Å². The van der Waals surface area contributed by atoms with Crippen LogP contribution in [-0.4, -0.2) is 41.0 Å². The SMILES string of the molecule is Cc1oc(-c2ccco2)nc1CN1CCN(C(c2ccccc2)c2ccccc2)CC1. The third-order valence-corrected chi connectivity index (χ3v) is 6.00. The highest BCUT2D eigenvalue weighted by Crippen LogP contribution is 2.30. The van der Waals surface area contributed by atoms with Crippen LogP contribution in [0.3, 0.4) is 0 Å². The molecule has 5 rings (SSSR count). The van der Waals surface area contributed by atoms with Gasteiger partial charge in [-0.2, -0.15) is 0 Å². The maximum Gasteiger partial charge on any atom is 0.263 e. The molecule has 1 fully saturated rings. The smallest absolute Gasteiger partial charge is 0.263 e. The molecule has 0 bridgehead atoms. The molecule has 5 heteroatoms. The summed E-state index contributed by atoms with van der Waals surface area (Å²) >= 11 is 0. The zero-order chi connectivity index (χ0) is 21.0. The lowest BCUT2D eigenvalue weighted by Gasteiger charge is -2.39. The summed E-state index contributed by atoms with van der Waals surface area (Å²) in [6.45, 7) is 6.79. The number of piperazine rings is 1. The van der Waals surface area contributed by atoms with Gasteiger partial charge in [0.2, 0.25) is 0 Å². The third-order valence-electron chi connectivity index (χ3n) is 6.00. The normalized spacial score (nSPS) is 15.5. The minimum atomic E-state index is 0.281. The Balaban J connectivity index is 1.28. The van der Waals surface area contributed by atoms with E-state index in [0.29, 0.717) is 11.7 Å². The topological polar surface area (TPSA) is 45.7 Å². The van der Waals surface area contributed by atoms with Crippen molar-refractivity contribution in [1.82, 2.24) is 14.8 Å². The molecule has 0 N–H and O–H groups in total. The highest BCUT2D eigenvalue weighted by atomic mass is 16.4. The predicted octanol–water partition coefficient (Wildman–Crippen LogP) is 5.15. The van der Waals surface area contributed by atoms with Gasteiger partial charge in [-0.05, 0) is 30.2 Å². The number of hydrogen-bond acceptors (Lipinski definition) is 5. The van der Waals surface area contributed by atoms with Gasteiger partial charge in [0.05, 0.1) is 18.0 Å². The van der Waals surface area contributed by atoms with Gasteiger partial charge in [-0.1, -0.05) is 60.7 Å². The van der Waals surface area contributed by atoms with Crippen LogP contribution in [0.25, 0.3) is 11.7 Å². The molecule has 0 amide bonds. The van der Waals surface area contributed by atoms with E-state index in [4.69, 9.17) is 8.83 Å². The number of nitrogens with zero attached hydrogens (tertiary/aromatic N) is 3. The second-order valence-electron chi connectivity index (χ2n) is 8.04. The van der Waals surface area contributed by atoms with Crippen molar-refractivity contribution in [2.75, 3.05) is 26.2 Å². The molecule has 0 aliphatic carbocycles. The third kappa shape index (κ3) is 4.33. The summed E-state index contributed by atoms with van der Waals surface area (Å²) in [7, 11) is 0. The molecule has 158 valence electrons. The largest absolute Gasteiger partial charge is 0.459 e. The molecule has 0 unspecified atom stereocenters. The summed E-state index contributed by atoms with van der Waals surface area (Å²) < 4.78 is 11.3. The summed E-state index contributed by atoms with van der Waals surface area (Å²) in [5, 5.41) is 0. The Morgan fingerprint density at radius 1 is 0.839 bits per heavy atom. The van der Waals surface area contributed by atoms with Crippen molar-refractivity contribution in [3.05, 3.63) is 102 Å². The standard InChI is InChI=1S/C26H27N3O2/c1-20-23(27-26(31-20)24-13-8-18-30-24)19-28-14-16-29(17-15-28)25(21-9-4-2-5-10-21)22-11-6-3-7-12-22/h2-13,18,25H,14-17,19H2,1H3. The van der Waals surface area contributed by atoms with E-state index in [-0.39, 0.29) is 6.04 Å². The fourth-order valence-corrected chi connectivity index (χ4v) is 4.36. The van der Waals surface area contributed by atoms with Gasteiger partial charge < -0.3 is 8.83 Å². The van der Waals surface area contributed by atoms with E-state index in [0.717, 1.165) is 44.2 Å². The van der Waals surface area contributed by atoms with Crippen LogP contribution in [0.4, 0.5) is 0 Å². The molecule has 31 heavy (non-hydrogen) atoms. The summed E-state index contributed by atoms with van der Waals surface area (Å²) in [6, 6.07) is 25.6. The maximum absolute atomic E-state index is 5.83. The first-order valence-corrected chi connectivity index (χ1v) is 10.8. The number of rotatable bonds is 6. The lowest BCUT2D eigenvalue weighted by atomic mass is 9.96. The van der Waals surface area contributed by atoms with Crippen LogP contribution in [0.2, 0.25) is 0 Å². The molecule has 4 aromatic rings. The van der Waals surface area contributed by atoms with Crippen LogP contribution in [0, 0.1) is 6.92 Å². The molecule has 1 aliphatic rings. The molecule has 3 heterocycles. The number of benzene rings is 2. The van der Waals surface area contributed by atoms with Crippen LogP contribution in [-0.2, 0) is 6.54 Å². The van der Waals surface area contributed by atoms with Crippen molar-refractivity contribution in [1.29, 1.82) is 0 Å². The van der Waals surface area contributed by atoms with E-state index in [2.05, 4.69) is 75.4 Å². The lowest BCUT2D eigenvalue weighted by Crippen LogP contribution is -2.47. The Kier molecular flexibility index (Phi) is 5.69. The minimum Gasteiger partial charge on any atom is -0.459 e. The first-order valence-electron chi connectivity index (χ1n) is 10.8. The predicted molar refractivity (Wildman–Crippen MR) is 121 cm³/mol. The molecule has 0 spiro atoms. The fourth-order valence-electron chi connectivity index (χ4n) is 4.36. The highest BCUT2D eigenvalue weighted by molar-refractivity contribution is 5.44. The van der Waals surface area contributed by atoms with E-state index >= 15 is 0 Å². The Labute approximate surface area is 182 Å². The summed E-state index contributed by atoms with van der Waals surface area (Å²) in [5.41, 5.74) is 3.68. The highest BCUT2D eigenvalue weighted by Gasteiger charge is 2.27. The van der Waals surface area contributed by atoms with Crippen molar-refractivity contribution < 1.29 is 8.83 Å². The maximum atomic E-state index is 5.83. The molecular formula is C26H27N3O2. The van der Waals surface area contributed by atoms with Crippen LogP contribution < -0.4 is 0 Å². The number of oxazole rings is 1. The zero-order valence-corrected chi connectivity index (χ0v) is 17.8. The lowest BCUT2D eigenvalue weighted by molar-refractivity contribution is 0.104. The van der Waals surface area contributed by atoms with Gasteiger partial charge in [0, 0.05) is 32.7 Å². The second-order valence-corrected chi connectivity index (χ2v) is 8.04. The number of aryl methyl sites for hydroxylation is 1. The van der Waals surface area contributed by atoms with E-state index in [1.807, 2.05) is 19.1 Å². The quantitative estimate of drug-likeness (QED) is 0.437. The fraction of sp³-hybridized carbons (Fsp3) is 0.269. The van der Waals surface area contributed by atoms with Gasteiger partial charge in [0.1, 0.15) is 5.76 Å². The Bertz CT molecular complexity index is 1040. The van der Waals surface area contributed by atoms with Crippen molar-refractivity contribution in [3.8, 4) is 11.7 Å². The van der Waals surface area contributed by atoms with Crippen LogP contribution in [0.1, 0.15) is 28.6 Å². The molecule has 2 aromatic carbocycles. The number of aromatic nitrogens is 1. The molecule has 5 nitrogen and oxygen atoms in total. The first kappa shape index (κ1) is 19.8. The molecular weight excluding hydrogens is 386 g/mol. The number of hydrogen-bond donors (Lipinski definition) is 0. The van der Waals surface area contributed by atoms with Gasteiger partial charge in [0.15, 0.2) is 5.76 Å². The van der Waals surface area contributed by atoms with E-state index in [1.165, 1.54) is 11.1 Å². The van der Waals surface area contributed by atoms with E-state index in [9.17, 15) is 0 Å². The Morgan fingerprint density at radius 3 is 2.06 bits per heavy atom. The average Bonchev–Trinajstić information content (AvgIpc) is 3.47. The van der Waals surface area contributed by atoms with Crippen LogP contribution in [0.15, 0.2) is 87.9 Å². The van der Waals surface area contributed by atoms with Gasteiger partial charge in [-0.3, -0.25) is 9.80 Å². The van der Waals surface area contributed by atoms with Crippen LogP contribution in [0.5, 0.6) is 0 Å². The molecule has 1 saturated heterocycles. The number of furan rings is 1. The van der Waals surface area contributed by atoms with E-state index in [1.54, 1.807) is 6.26 Å². The van der Waals surface area contributed by atoms with Crippen molar-refractivity contribution in [3.63, 3.8) is 0 Å². The first-order chi connectivity index (χ1) is 15.3. The second kappa shape index (κ2) is 8.92. The summed E-state index contributed by atoms with van der Waals surface area (Å²) in [4.78, 5) is 9.73. The van der Waals surface area contributed by atoms with Crippen molar-refractivity contribution in [2.45, 2.75) is 19.5 Å². The monoisotopic (exact) mass is 413 g/mol. The van der Waals surface area contributed by atoms with Crippen molar-refractivity contribution in [2.24, 2.45) is 0 Å². The van der Waals surface area contributed by atoms with Crippen molar-refractivity contribution >= 4 is 0 Å². The van der Waals surface area contributed by atoms with Gasteiger partial charge >= 0.3 is 0 Å². The summed E-state index contributed by atoms with van der Waals surface area (Å²) in [5.74, 6) is 2.09. The molecule has 1 aliphatic heterocycles. The zero-order valence-electron chi connectivity index (χ0n) is 17.8. The average molecular weight is 414 g/mol. The summed E-state index contributed by atoms with van der Waals surface area (Å²) in [6.07, 6.45) is 1.64. The van der Waals surface area contributed by atoms with Crippen LogP contribution >= 0.6 is 0 Å². The van der Waals surface area contributed by atoms with Gasteiger partial charge in [-0.15, -0.1) is 0 Å². The Morgan fingerprint density at radius 2 is 1.48 bits per heavy atom. The molecule has 2 aromatic heterocycles. The molecule has 0 radical (unpaired) electrons. The Hall–Kier alpha value is -3.15. The minimum absolute atomic E-state index is 0.281. The molecule has 0 atom stereocenters. The molecule has 0 saturated carbocycles.